The summed E-state index contributed by atoms with van der Waals surface area (Å²) in [6.07, 6.45) is 3.61. The fourth-order valence-corrected chi connectivity index (χ4v) is 4.59. The number of ether oxygens (including phenoxy) is 1. The first kappa shape index (κ1) is 22.3. The van der Waals surface area contributed by atoms with Crippen LogP contribution in [0.25, 0.3) is 0 Å². The second kappa shape index (κ2) is 11.1. The fourth-order valence-electron chi connectivity index (χ4n) is 4.00. The zero-order valence-corrected chi connectivity index (χ0v) is 19.2. The molecule has 0 spiro atoms. The van der Waals surface area contributed by atoms with Crippen molar-refractivity contribution in [2.75, 3.05) is 37.0 Å². The Kier molecular flexibility index (Phi) is 7.74. The molecule has 0 atom stereocenters. The molecule has 1 fully saturated rings. The van der Waals surface area contributed by atoms with Crippen molar-refractivity contribution in [1.29, 1.82) is 0 Å². The summed E-state index contributed by atoms with van der Waals surface area (Å²) in [6.45, 7) is 3.06. The van der Waals surface area contributed by atoms with Crippen molar-refractivity contribution in [2.24, 2.45) is 0 Å². The molecule has 0 saturated carbocycles. The standard InChI is InChI=1S/C25H30N4O2S/c1-31-24-8-2-19(3-9-24)16-25(30)28-21-4-6-23(7-5-21)29-14-11-20(12-15-29)26-13-10-22-17-32-18-27-22/h2-9,17-18,20,26H,10-16H2,1H3,(H,28,30). The van der Waals surface area contributed by atoms with Crippen molar-refractivity contribution in [3.8, 4) is 5.75 Å². The number of benzene rings is 2. The van der Waals surface area contributed by atoms with E-state index >= 15 is 0 Å². The lowest BCUT2D eigenvalue weighted by atomic mass is 10.0. The fraction of sp³-hybridized carbons (Fsp3) is 0.360. The van der Waals surface area contributed by atoms with Gasteiger partial charge in [0.15, 0.2) is 0 Å². The van der Waals surface area contributed by atoms with Gasteiger partial charge in [-0.3, -0.25) is 4.79 Å². The number of nitrogens with one attached hydrogen (secondary N) is 2. The largest absolute Gasteiger partial charge is 0.497 e. The highest BCUT2D eigenvalue weighted by molar-refractivity contribution is 7.07. The minimum atomic E-state index is -0.0209. The number of piperidine rings is 1. The summed E-state index contributed by atoms with van der Waals surface area (Å²) in [5, 5.41) is 8.78. The number of anilines is 2. The molecule has 1 aliphatic rings. The normalized spacial score (nSPS) is 14.3. The van der Waals surface area contributed by atoms with Gasteiger partial charge in [-0.1, -0.05) is 12.1 Å². The number of amides is 1. The summed E-state index contributed by atoms with van der Waals surface area (Å²) in [4.78, 5) is 19.1. The van der Waals surface area contributed by atoms with Crippen LogP contribution in [0.3, 0.4) is 0 Å². The lowest BCUT2D eigenvalue weighted by Crippen LogP contribution is -2.43. The highest BCUT2D eigenvalue weighted by Crippen LogP contribution is 2.22. The van der Waals surface area contributed by atoms with E-state index in [1.807, 2.05) is 41.9 Å². The van der Waals surface area contributed by atoms with Gasteiger partial charge in [0.2, 0.25) is 5.91 Å². The van der Waals surface area contributed by atoms with Gasteiger partial charge < -0.3 is 20.3 Å². The summed E-state index contributed by atoms with van der Waals surface area (Å²) in [5.74, 6) is 0.771. The van der Waals surface area contributed by atoms with Gasteiger partial charge in [-0.05, 0) is 54.8 Å². The second-order valence-corrected chi connectivity index (χ2v) is 8.78. The molecule has 0 unspecified atom stereocenters. The number of rotatable bonds is 9. The Morgan fingerprint density at radius 2 is 1.88 bits per heavy atom. The van der Waals surface area contributed by atoms with E-state index in [1.54, 1.807) is 18.4 Å². The third-order valence-electron chi connectivity index (χ3n) is 5.83. The summed E-state index contributed by atoms with van der Waals surface area (Å²) in [6, 6.07) is 16.3. The topological polar surface area (TPSA) is 66.5 Å². The van der Waals surface area contributed by atoms with E-state index in [9.17, 15) is 4.79 Å². The molecule has 32 heavy (non-hydrogen) atoms. The Bertz CT molecular complexity index is 966. The Hall–Kier alpha value is -2.90. The maximum Gasteiger partial charge on any atom is 0.228 e. The zero-order chi connectivity index (χ0) is 22.2. The number of hydrogen-bond acceptors (Lipinski definition) is 6. The van der Waals surface area contributed by atoms with Crippen molar-refractivity contribution in [3.63, 3.8) is 0 Å². The number of aromatic nitrogens is 1. The van der Waals surface area contributed by atoms with Crippen LogP contribution in [0.5, 0.6) is 5.75 Å². The molecule has 2 aromatic carbocycles. The monoisotopic (exact) mass is 450 g/mol. The third-order valence-corrected chi connectivity index (χ3v) is 6.47. The van der Waals surface area contributed by atoms with Crippen molar-refractivity contribution in [2.45, 2.75) is 31.7 Å². The lowest BCUT2D eigenvalue weighted by Gasteiger charge is -2.34. The number of nitrogens with zero attached hydrogens (tertiary/aromatic N) is 2. The van der Waals surface area contributed by atoms with Crippen LogP contribution in [0.1, 0.15) is 24.1 Å². The predicted octanol–water partition coefficient (Wildman–Crippen LogP) is 4.13. The minimum absolute atomic E-state index is 0.0209. The van der Waals surface area contributed by atoms with Crippen LogP contribution in [0.4, 0.5) is 11.4 Å². The van der Waals surface area contributed by atoms with Crippen LogP contribution < -0.4 is 20.3 Å². The van der Waals surface area contributed by atoms with E-state index in [-0.39, 0.29) is 5.91 Å². The van der Waals surface area contributed by atoms with Gasteiger partial charge in [0.1, 0.15) is 5.75 Å². The molecule has 7 heteroatoms. The number of methoxy groups -OCH3 is 1. The average molecular weight is 451 g/mol. The molecule has 2 N–H and O–H groups in total. The molecule has 1 amide bonds. The molecule has 0 aliphatic carbocycles. The van der Waals surface area contributed by atoms with Crippen molar-refractivity contribution in [3.05, 3.63) is 70.7 Å². The Labute approximate surface area is 193 Å². The molecule has 1 aromatic heterocycles. The van der Waals surface area contributed by atoms with Gasteiger partial charge in [0, 0.05) is 48.9 Å². The van der Waals surface area contributed by atoms with Crippen LogP contribution in [-0.4, -0.2) is 43.7 Å². The SMILES string of the molecule is COc1ccc(CC(=O)Nc2ccc(N3CCC(NCCc4cscn4)CC3)cc2)cc1. The van der Waals surface area contributed by atoms with E-state index in [0.29, 0.717) is 12.5 Å². The summed E-state index contributed by atoms with van der Waals surface area (Å²) < 4.78 is 5.16. The maximum absolute atomic E-state index is 12.4. The molecule has 4 rings (SSSR count). The second-order valence-electron chi connectivity index (χ2n) is 8.07. The van der Waals surface area contributed by atoms with Crippen molar-refractivity contribution in [1.82, 2.24) is 10.3 Å². The number of carbonyl (C=O) groups excluding carboxylic acids is 1. The van der Waals surface area contributed by atoms with Crippen LogP contribution in [0, 0.1) is 0 Å². The third kappa shape index (κ3) is 6.31. The molecule has 0 bridgehead atoms. The predicted molar refractivity (Wildman–Crippen MR) is 131 cm³/mol. The van der Waals surface area contributed by atoms with E-state index in [4.69, 9.17) is 4.74 Å². The molecule has 168 valence electrons. The minimum Gasteiger partial charge on any atom is -0.497 e. The zero-order valence-electron chi connectivity index (χ0n) is 18.4. The molecule has 1 aliphatic heterocycles. The highest BCUT2D eigenvalue weighted by Gasteiger charge is 2.19. The summed E-state index contributed by atoms with van der Waals surface area (Å²) in [7, 11) is 1.63. The summed E-state index contributed by atoms with van der Waals surface area (Å²) in [5.41, 5.74) is 6.06. The molecular formula is C25H30N4O2S. The smallest absolute Gasteiger partial charge is 0.228 e. The molecule has 0 radical (unpaired) electrons. The number of thiazole rings is 1. The van der Waals surface area contributed by atoms with Crippen LogP contribution >= 0.6 is 11.3 Å². The van der Waals surface area contributed by atoms with Crippen molar-refractivity contribution >= 4 is 28.6 Å². The highest BCUT2D eigenvalue weighted by atomic mass is 32.1. The van der Waals surface area contributed by atoms with E-state index in [0.717, 1.165) is 55.9 Å². The first-order chi connectivity index (χ1) is 15.7. The Morgan fingerprint density at radius 1 is 1.12 bits per heavy atom. The van der Waals surface area contributed by atoms with E-state index < -0.39 is 0 Å². The van der Waals surface area contributed by atoms with Gasteiger partial charge in [-0.25, -0.2) is 4.98 Å². The van der Waals surface area contributed by atoms with Crippen molar-refractivity contribution < 1.29 is 9.53 Å². The lowest BCUT2D eigenvalue weighted by molar-refractivity contribution is -0.115. The number of carbonyl (C=O) groups is 1. The maximum atomic E-state index is 12.4. The van der Waals surface area contributed by atoms with E-state index in [1.165, 1.54) is 11.4 Å². The molecule has 6 nitrogen and oxygen atoms in total. The molecule has 1 saturated heterocycles. The van der Waals surface area contributed by atoms with Gasteiger partial charge >= 0.3 is 0 Å². The molecule has 3 aromatic rings. The van der Waals surface area contributed by atoms with Gasteiger partial charge in [-0.2, -0.15) is 0 Å². The molecular weight excluding hydrogens is 420 g/mol. The average Bonchev–Trinajstić information content (AvgIpc) is 3.34. The van der Waals surface area contributed by atoms with Gasteiger partial charge in [0.05, 0.1) is 24.7 Å². The summed E-state index contributed by atoms with van der Waals surface area (Å²) >= 11 is 1.66. The first-order valence-corrected chi connectivity index (χ1v) is 12.0. The van der Waals surface area contributed by atoms with Gasteiger partial charge in [-0.15, -0.1) is 11.3 Å². The molecule has 2 heterocycles. The van der Waals surface area contributed by atoms with Crippen LogP contribution in [-0.2, 0) is 17.6 Å². The van der Waals surface area contributed by atoms with Gasteiger partial charge in [0.25, 0.3) is 0 Å². The van der Waals surface area contributed by atoms with Crippen LogP contribution in [0.2, 0.25) is 0 Å². The first-order valence-electron chi connectivity index (χ1n) is 11.1. The van der Waals surface area contributed by atoms with E-state index in [2.05, 4.69) is 38.0 Å². The Morgan fingerprint density at radius 3 is 2.53 bits per heavy atom. The number of hydrogen-bond donors (Lipinski definition) is 2. The van der Waals surface area contributed by atoms with Crippen LogP contribution in [0.15, 0.2) is 59.4 Å². The Balaban J connectivity index is 1.20. The quantitative estimate of drug-likeness (QED) is 0.513.